The molecular weight excluding hydrogens is 305 g/mol. The van der Waals surface area contributed by atoms with Crippen molar-refractivity contribution in [1.82, 2.24) is 0 Å². The molecule has 0 aromatic heterocycles. The summed E-state index contributed by atoms with van der Waals surface area (Å²) in [4.78, 5) is 9.96. The first-order valence-corrected chi connectivity index (χ1v) is 5.78. The summed E-state index contributed by atoms with van der Waals surface area (Å²) >= 11 is -0.647. The number of carboxylic acids is 1. The second-order valence-corrected chi connectivity index (χ2v) is 4.68. The molecule has 0 spiro atoms. The maximum absolute atomic E-state index is 12.7. The molecule has 0 unspecified atom stereocenters. The minimum Gasteiger partial charge on any atom is -0.481 e. The number of rotatable bonds is 4. The van der Waals surface area contributed by atoms with Crippen LogP contribution < -0.4 is 0 Å². The lowest BCUT2D eigenvalue weighted by atomic mass is 10.0. The second kappa shape index (κ2) is 6.09. The molecule has 0 aliphatic rings. The SMILES string of the molecule is N#Cc1cc(C(F)F)c(CC(=O)O)cc1SC(F)(F)F. The van der Waals surface area contributed by atoms with E-state index in [0.29, 0.717) is 12.1 Å². The largest absolute Gasteiger partial charge is 0.481 e. The highest BCUT2D eigenvalue weighted by molar-refractivity contribution is 8.00. The third kappa shape index (κ3) is 4.38. The third-order valence-electron chi connectivity index (χ3n) is 2.16. The van der Waals surface area contributed by atoms with Gasteiger partial charge in [-0.2, -0.15) is 18.4 Å². The highest BCUT2D eigenvalue weighted by Gasteiger charge is 2.31. The van der Waals surface area contributed by atoms with Crippen molar-refractivity contribution in [2.24, 2.45) is 0 Å². The number of thioether (sulfide) groups is 1. The minimum atomic E-state index is -4.71. The molecule has 1 aromatic rings. The van der Waals surface area contributed by atoms with Gasteiger partial charge < -0.3 is 5.11 Å². The summed E-state index contributed by atoms with van der Waals surface area (Å²) in [6, 6.07) is 2.66. The van der Waals surface area contributed by atoms with Crippen LogP contribution >= 0.6 is 11.8 Å². The molecule has 0 bridgehead atoms. The van der Waals surface area contributed by atoms with E-state index in [1.165, 1.54) is 6.07 Å². The topological polar surface area (TPSA) is 61.1 Å². The maximum atomic E-state index is 12.7. The molecule has 0 amide bonds. The van der Waals surface area contributed by atoms with Gasteiger partial charge in [0.1, 0.15) is 6.07 Å². The lowest BCUT2D eigenvalue weighted by Crippen LogP contribution is -2.07. The van der Waals surface area contributed by atoms with Crippen LogP contribution in [0.15, 0.2) is 17.0 Å². The number of nitriles is 1. The van der Waals surface area contributed by atoms with Gasteiger partial charge in [0.05, 0.1) is 12.0 Å². The molecule has 108 valence electrons. The average molecular weight is 311 g/mol. The van der Waals surface area contributed by atoms with Crippen molar-refractivity contribution in [1.29, 1.82) is 5.26 Å². The first-order chi connectivity index (χ1) is 9.14. The van der Waals surface area contributed by atoms with Gasteiger partial charge in [0.25, 0.3) is 6.43 Å². The third-order valence-corrected chi connectivity index (χ3v) is 2.95. The molecular formula is C11H6F5NO2S. The van der Waals surface area contributed by atoms with Crippen molar-refractivity contribution in [3.8, 4) is 6.07 Å². The Morgan fingerprint density at radius 2 is 2.00 bits per heavy atom. The number of aliphatic carboxylic acids is 1. The number of halogens is 5. The Morgan fingerprint density at radius 1 is 1.40 bits per heavy atom. The van der Waals surface area contributed by atoms with E-state index in [4.69, 9.17) is 10.4 Å². The molecule has 0 atom stereocenters. The number of alkyl halides is 5. The molecule has 1 N–H and O–H groups in total. The lowest BCUT2D eigenvalue weighted by Gasteiger charge is -2.12. The van der Waals surface area contributed by atoms with Crippen molar-refractivity contribution >= 4 is 17.7 Å². The van der Waals surface area contributed by atoms with E-state index in [1.807, 2.05) is 0 Å². The van der Waals surface area contributed by atoms with E-state index in [1.54, 1.807) is 0 Å². The Bertz CT molecular complexity index is 565. The summed E-state index contributed by atoms with van der Waals surface area (Å²) in [5.41, 5.74) is -6.48. The zero-order valence-corrected chi connectivity index (χ0v) is 10.4. The van der Waals surface area contributed by atoms with Crippen LogP contribution in [0.1, 0.15) is 23.1 Å². The first kappa shape index (κ1) is 16.2. The number of carbonyl (C=O) groups is 1. The molecule has 0 aliphatic heterocycles. The Labute approximate surface area is 114 Å². The van der Waals surface area contributed by atoms with Crippen LogP contribution in [-0.4, -0.2) is 16.6 Å². The van der Waals surface area contributed by atoms with E-state index in [0.717, 1.165) is 0 Å². The molecule has 0 fully saturated rings. The van der Waals surface area contributed by atoms with Gasteiger partial charge >= 0.3 is 11.5 Å². The van der Waals surface area contributed by atoms with Crippen LogP contribution in [0, 0.1) is 11.3 Å². The maximum Gasteiger partial charge on any atom is 0.446 e. The zero-order chi connectivity index (χ0) is 15.5. The highest BCUT2D eigenvalue weighted by atomic mass is 32.2. The molecule has 0 aliphatic carbocycles. The van der Waals surface area contributed by atoms with Crippen LogP contribution in [0.4, 0.5) is 22.0 Å². The average Bonchev–Trinajstić information content (AvgIpc) is 2.25. The van der Waals surface area contributed by atoms with Gasteiger partial charge in [0.2, 0.25) is 0 Å². The summed E-state index contributed by atoms with van der Waals surface area (Å²) in [6.07, 6.45) is -3.93. The van der Waals surface area contributed by atoms with E-state index < -0.39 is 57.7 Å². The lowest BCUT2D eigenvalue weighted by molar-refractivity contribution is -0.136. The van der Waals surface area contributed by atoms with Crippen LogP contribution in [0.25, 0.3) is 0 Å². The van der Waals surface area contributed by atoms with Crippen LogP contribution in [0.2, 0.25) is 0 Å². The van der Waals surface area contributed by atoms with Crippen LogP contribution in [0.5, 0.6) is 0 Å². The normalized spacial score (nSPS) is 11.4. The quantitative estimate of drug-likeness (QED) is 0.680. The van der Waals surface area contributed by atoms with Gasteiger partial charge in [-0.3, -0.25) is 4.79 Å². The van der Waals surface area contributed by atoms with E-state index >= 15 is 0 Å². The summed E-state index contributed by atoms with van der Waals surface area (Å²) < 4.78 is 62.4. The van der Waals surface area contributed by atoms with Gasteiger partial charge in [-0.25, -0.2) is 8.78 Å². The summed E-state index contributed by atoms with van der Waals surface area (Å²) in [7, 11) is 0. The van der Waals surface area contributed by atoms with Crippen molar-refractivity contribution in [3.05, 3.63) is 28.8 Å². The second-order valence-electron chi connectivity index (χ2n) is 3.58. The van der Waals surface area contributed by atoms with Gasteiger partial charge in [0.15, 0.2) is 0 Å². The molecule has 20 heavy (non-hydrogen) atoms. The molecule has 1 rings (SSSR count). The van der Waals surface area contributed by atoms with Gasteiger partial charge in [-0.1, -0.05) is 0 Å². The van der Waals surface area contributed by atoms with Gasteiger partial charge in [-0.15, -0.1) is 0 Å². The van der Waals surface area contributed by atoms with Crippen LogP contribution in [-0.2, 0) is 11.2 Å². The fourth-order valence-electron chi connectivity index (χ4n) is 1.45. The molecule has 0 heterocycles. The summed E-state index contributed by atoms with van der Waals surface area (Å²) in [5.74, 6) is -1.46. The minimum absolute atomic E-state index is 0.446. The van der Waals surface area contributed by atoms with Gasteiger partial charge in [0, 0.05) is 10.5 Å². The van der Waals surface area contributed by atoms with Crippen molar-refractivity contribution in [3.63, 3.8) is 0 Å². The van der Waals surface area contributed by atoms with Crippen molar-refractivity contribution in [2.45, 2.75) is 23.3 Å². The fourth-order valence-corrected chi connectivity index (χ4v) is 2.12. The molecule has 1 aromatic carbocycles. The Morgan fingerprint density at radius 3 is 2.40 bits per heavy atom. The number of benzene rings is 1. The fraction of sp³-hybridized carbons (Fsp3) is 0.273. The molecule has 0 saturated carbocycles. The smallest absolute Gasteiger partial charge is 0.446 e. The Kier molecular flexibility index (Phi) is 4.94. The van der Waals surface area contributed by atoms with E-state index in [-0.39, 0.29) is 0 Å². The number of nitrogens with zero attached hydrogens (tertiary/aromatic N) is 1. The first-order valence-electron chi connectivity index (χ1n) is 4.96. The molecule has 3 nitrogen and oxygen atoms in total. The number of carboxylic acid groups (broad SMARTS) is 1. The molecule has 9 heteroatoms. The summed E-state index contributed by atoms with van der Waals surface area (Å²) in [6.45, 7) is 0. The molecule has 0 saturated heterocycles. The predicted molar refractivity (Wildman–Crippen MR) is 59.4 cm³/mol. The summed E-state index contributed by atoms with van der Waals surface area (Å²) in [5, 5.41) is 17.3. The predicted octanol–water partition coefficient (Wildman–Crippen LogP) is 3.73. The molecule has 0 radical (unpaired) electrons. The highest BCUT2D eigenvalue weighted by Crippen LogP contribution is 2.40. The van der Waals surface area contributed by atoms with Crippen molar-refractivity contribution in [2.75, 3.05) is 0 Å². The van der Waals surface area contributed by atoms with E-state index in [9.17, 15) is 26.7 Å². The number of hydrogen-bond donors (Lipinski definition) is 1. The zero-order valence-electron chi connectivity index (χ0n) is 9.54. The Hall–Kier alpha value is -1.82. The monoisotopic (exact) mass is 311 g/mol. The Balaban J connectivity index is 3.38. The van der Waals surface area contributed by atoms with Gasteiger partial charge in [-0.05, 0) is 29.5 Å². The van der Waals surface area contributed by atoms with E-state index in [2.05, 4.69) is 0 Å². The number of hydrogen-bond acceptors (Lipinski definition) is 3. The van der Waals surface area contributed by atoms with Crippen LogP contribution in [0.3, 0.4) is 0 Å². The standard InChI is InChI=1S/C11H6F5NO2S/c12-10(13)7-1-6(4-17)8(20-11(14,15)16)2-5(7)3-9(18)19/h1-2,10H,3H2,(H,18,19). The van der Waals surface area contributed by atoms with Crippen molar-refractivity contribution < 1.29 is 31.9 Å².